The maximum Gasteiger partial charge on any atom is 0.194 e. The van der Waals surface area contributed by atoms with Gasteiger partial charge in [0.05, 0.1) is 13.7 Å². The Balaban J connectivity index is 1.54. The summed E-state index contributed by atoms with van der Waals surface area (Å²) in [5.74, 6) is 1.84. The lowest BCUT2D eigenvalue weighted by molar-refractivity contribution is 0.372. The molecule has 1 fully saturated rings. The van der Waals surface area contributed by atoms with Crippen LogP contribution in [0.5, 0.6) is 5.75 Å². The zero-order chi connectivity index (χ0) is 17.6. The van der Waals surface area contributed by atoms with E-state index in [0.717, 1.165) is 55.1 Å². The zero-order valence-corrected chi connectivity index (χ0v) is 15.8. The maximum absolute atomic E-state index is 5.33. The van der Waals surface area contributed by atoms with Crippen LogP contribution in [0.2, 0.25) is 0 Å². The molecule has 1 saturated heterocycles. The SMILES string of the molecule is CN=C(NCc1nc(C)cs1)N1CCN(c2cccc(OC)c2)CC1. The van der Waals surface area contributed by atoms with Crippen LogP contribution in [0.25, 0.3) is 0 Å². The Bertz CT molecular complexity index is 722. The summed E-state index contributed by atoms with van der Waals surface area (Å²) in [4.78, 5) is 13.6. The number of hydrogen-bond acceptors (Lipinski definition) is 5. The van der Waals surface area contributed by atoms with Gasteiger partial charge in [0.15, 0.2) is 5.96 Å². The number of nitrogens with one attached hydrogen (secondary N) is 1. The Labute approximate surface area is 153 Å². The largest absolute Gasteiger partial charge is 0.497 e. The number of hydrogen-bond donors (Lipinski definition) is 1. The van der Waals surface area contributed by atoms with Crippen molar-refractivity contribution in [3.8, 4) is 5.75 Å². The lowest BCUT2D eigenvalue weighted by Gasteiger charge is -2.37. The highest BCUT2D eigenvalue weighted by Gasteiger charge is 2.20. The summed E-state index contributed by atoms with van der Waals surface area (Å²) >= 11 is 1.68. The molecule has 1 aromatic carbocycles. The molecule has 0 atom stereocenters. The first kappa shape index (κ1) is 17.5. The standard InChI is InChI=1S/C18H25N5OS/c1-14-13-25-17(21-14)12-20-18(19-2)23-9-7-22(8-10-23)15-5-4-6-16(11-15)24-3/h4-6,11,13H,7-10,12H2,1-3H3,(H,19,20). The second-order valence-corrected chi connectivity index (χ2v) is 6.90. The molecule has 134 valence electrons. The normalized spacial score (nSPS) is 15.4. The van der Waals surface area contributed by atoms with Gasteiger partial charge in [-0.25, -0.2) is 4.98 Å². The highest BCUT2D eigenvalue weighted by atomic mass is 32.1. The molecule has 0 spiro atoms. The van der Waals surface area contributed by atoms with E-state index in [-0.39, 0.29) is 0 Å². The quantitative estimate of drug-likeness (QED) is 0.671. The van der Waals surface area contributed by atoms with E-state index in [4.69, 9.17) is 4.74 Å². The third kappa shape index (κ3) is 4.42. The molecular formula is C18H25N5OS. The van der Waals surface area contributed by atoms with Crippen molar-refractivity contribution >= 4 is 23.0 Å². The summed E-state index contributed by atoms with van der Waals surface area (Å²) in [6.45, 7) is 6.55. The molecular weight excluding hydrogens is 334 g/mol. The molecule has 1 aromatic heterocycles. The second-order valence-electron chi connectivity index (χ2n) is 5.96. The lowest BCUT2D eigenvalue weighted by Crippen LogP contribution is -2.52. The Morgan fingerprint density at radius 3 is 2.76 bits per heavy atom. The van der Waals surface area contributed by atoms with Gasteiger partial charge in [0.25, 0.3) is 0 Å². The van der Waals surface area contributed by atoms with Gasteiger partial charge in [-0.15, -0.1) is 11.3 Å². The summed E-state index contributed by atoms with van der Waals surface area (Å²) in [7, 11) is 3.54. The Hall–Kier alpha value is -2.28. The molecule has 1 aliphatic rings. The van der Waals surface area contributed by atoms with Crippen molar-refractivity contribution < 1.29 is 4.74 Å². The fourth-order valence-corrected chi connectivity index (χ4v) is 3.67. The minimum absolute atomic E-state index is 0.723. The van der Waals surface area contributed by atoms with Crippen molar-refractivity contribution in [3.63, 3.8) is 0 Å². The van der Waals surface area contributed by atoms with E-state index in [0.29, 0.717) is 0 Å². The molecule has 0 unspecified atom stereocenters. The van der Waals surface area contributed by atoms with Crippen LogP contribution < -0.4 is 15.0 Å². The number of guanidine groups is 1. The summed E-state index contributed by atoms with van der Waals surface area (Å²) in [5, 5.41) is 6.59. The first-order valence-corrected chi connectivity index (χ1v) is 9.33. The molecule has 0 saturated carbocycles. The molecule has 0 aliphatic carbocycles. The molecule has 2 aromatic rings. The average molecular weight is 359 g/mol. The van der Waals surface area contributed by atoms with Crippen LogP contribution in [0.15, 0.2) is 34.6 Å². The predicted octanol–water partition coefficient (Wildman–Crippen LogP) is 2.36. The molecule has 7 heteroatoms. The van der Waals surface area contributed by atoms with Gasteiger partial charge in [-0.3, -0.25) is 4.99 Å². The Morgan fingerprint density at radius 2 is 2.12 bits per heavy atom. The third-order valence-electron chi connectivity index (χ3n) is 4.27. The van der Waals surface area contributed by atoms with E-state index >= 15 is 0 Å². The van der Waals surface area contributed by atoms with E-state index in [1.807, 2.05) is 26.1 Å². The van der Waals surface area contributed by atoms with Crippen LogP contribution in [-0.4, -0.2) is 56.2 Å². The Kier molecular flexibility index (Phi) is 5.75. The van der Waals surface area contributed by atoms with E-state index < -0.39 is 0 Å². The number of rotatable bonds is 4. The average Bonchev–Trinajstić information content (AvgIpc) is 3.08. The Morgan fingerprint density at radius 1 is 1.32 bits per heavy atom. The third-order valence-corrected chi connectivity index (χ3v) is 5.24. The van der Waals surface area contributed by atoms with Crippen LogP contribution in [0.1, 0.15) is 10.7 Å². The molecule has 1 aliphatic heterocycles. The van der Waals surface area contributed by atoms with Gasteiger partial charge in [0.2, 0.25) is 0 Å². The molecule has 1 N–H and O–H groups in total. The summed E-state index contributed by atoms with van der Waals surface area (Å²) in [5.41, 5.74) is 2.28. The van der Waals surface area contributed by atoms with Gasteiger partial charge < -0.3 is 19.9 Å². The number of aromatic nitrogens is 1. The number of piperazine rings is 1. The molecule has 3 rings (SSSR count). The maximum atomic E-state index is 5.33. The van der Waals surface area contributed by atoms with Crippen molar-refractivity contribution in [1.29, 1.82) is 0 Å². The van der Waals surface area contributed by atoms with Crippen LogP contribution in [0, 0.1) is 6.92 Å². The summed E-state index contributed by atoms with van der Waals surface area (Å²) in [6.07, 6.45) is 0. The van der Waals surface area contributed by atoms with E-state index in [2.05, 4.69) is 42.6 Å². The summed E-state index contributed by atoms with van der Waals surface area (Å²) in [6, 6.07) is 8.24. The summed E-state index contributed by atoms with van der Waals surface area (Å²) < 4.78 is 5.33. The van der Waals surface area contributed by atoms with Crippen LogP contribution in [-0.2, 0) is 6.54 Å². The molecule has 0 bridgehead atoms. The topological polar surface area (TPSA) is 53.0 Å². The lowest BCUT2D eigenvalue weighted by atomic mass is 10.2. The van der Waals surface area contributed by atoms with E-state index in [9.17, 15) is 0 Å². The number of benzene rings is 1. The van der Waals surface area contributed by atoms with Gasteiger partial charge in [0.1, 0.15) is 10.8 Å². The van der Waals surface area contributed by atoms with Crippen LogP contribution >= 0.6 is 11.3 Å². The van der Waals surface area contributed by atoms with Gasteiger partial charge in [-0.1, -0.05) is 6.07 Å². The predicted molar refractivity (Wildman–Crippen MR) is 104 cm³/mol. The van der Waals surface area contributed by atoms with E-state index in [1.54, 1.807) is 18.4 Å². The molecule has 2 heterocycles. The fraction of sp³-hybridized carbons (Fsp3) is 0.444. The molecule has 0 amide bonds. The number of aliphatic imine (C=N–C) groups is 1. The van der Waals surface area contributed by atoms with Crippen molar-refractivity contribution in [2.45, 2.75) is 13.5 Å². The number of anilines is 1. The van der Waals surface area contributed by atoms with Crippen LogP contribution in [0.3, 0.4) is 0 Å². The van der Waals surface area contributed by atoms with Crippen molar-refractivity contribution in [1.82, 2.24) is 15.2 Å². The fourth-order valence-electron chi connectivity index (χ4n) is 2.95. The smallest absolute Gasteiger partial charge is 0.194 e. The first-order valence-electron chi connectivity index (χ1n) is 8.45. The van der Waals surface area contributed by atoms with Gasteiger partial charge in [0, 0.05) is 56.1 Å². The number of ether oxygens (including phenoxy) is 1. The van der Waals surface area contributed by atoms with Crippen molar-refractivity contribution in [2.24, 2.45) is 4.99 Å². The van der Waals surface area contributed by atoms with Crippen molar-refractivity contribution in [2.75, 3.05) is 45.2 Å². The number of aryl methyl sites for hydroxylation is 1. The number of methoxy groups -OCH3 is 1. The first-order chi connectivity index (χ1) is 12.2. The minimum atomic E-state index is 0.723. The molecule has 0 radical (unpaired) electrons. The van der Waals surface area contributed by atoms with Gasteiger partial charge >= 0.3 is 0 Å². The highest BCUT2D eigenvalue weighted by molar-refractivity contribution is 7.09. The van der Waals surface area contributed by atoms with E-state index in [1.165, 1.54) is 5.69 Å². The highest BCUT2D eigenvalue weighted by Crippen LogP contribution is 2.22. The van der Waals surface area contributed by atoms with Crippen molar-refractivity contribution in [3.05, 3.63) is 40.3 Å². The van der Waals surface area contributed by atoms with Gasteiger partial charge in [-0.05, 0) is 19.1 Å². The monoisotopic (exact) mass is 359 g/mol. The van der Waals surface area contributed by atoms with Crippen LogP contribution in [0.4, 0.5) is 5.69 Å². The number of thiazole rings is 1. The zero-order valence-electron chi connectivity index (χ0n) is 15.0. The number of nitrogens with zero attached hydrogens (tertiary/aromatic N) is 4. The van der Waals surface area contributed by atoms with Gasteiger partial charge in [-0.2, -0.15) is 0 Å². The molecule has 6 nitrogen and oxygen atoms in total. The molecule has 25 heavy (non-hydrogen) atoms. The second kappa shape index (κ2) is 8.20. The minimum Gasteiger partial charge on any atom is -0.497 e.